The van der Waals surface area contributed by atoms with Crippen LogP contribution in [0.3, 0.4) is 0 Å². The first-order valence-corrected chi connectivity index (χ1v) is 8.45. The Morgan fingerprint density at radius 3 is 2.29 bits per heavy atom. The number of benzene rings is 1. The molecule has 2 unspecified atom stereocenters. The summed E-state index contributed by atoms with van der Waals surface area (Å²) in [5.41, 5.74) is 0.958. The van der Waals surface area contributed by atoms with Crippen molar-refractivity contribution >= 4 is 10.0 Å². The van der Waals surface area contributed by atoms with Crippen molar-refractivity contribution < 1.29 is 13.5 Å². The first kappa shape index (κ1) is 16.2. The van der Waals surface area contributed by atoms with Gasteiger partial charge in [-0.1, -0.05) is 29.8 Å². The van der Waals surface area contributed by atoms with E-state index >= 15 is 0 Å². The Morgan fingerprint density at radius 2 is 1.86 bits per heavy atom. The lowest BCUT2D eigenvalue weighted by Gasteiger charge is -2.33. The van der Waals surface area contributed by atoms with Crippen LogP contribution in [0, 0.1) is 12.8 Å². The van der Waals surface area contributed by atoms with Gasteiger partial charge in [0.05, 0.1) is 16.5 Å². The summed E-state index contributed by atoms with van der Waals surface area (Å²) in [5, 5.41) is 10.4. The zero-order valence-corrected chi connectivity index (χ0v) is 13.8. The summed E-state index contributed by atoms with van der Waals surface area (Å²) in [6.45, 7) is 11.4. The summed E-state index contributed by atoms with van der Waals surface area (Å²) >= 11 is 0. The van der Waals surface area contributed by atoms with E-state index in [0.717, 1.165) is 11.1 Å². The third-order valence-electron chi connectivity index (χ3n) is 4.35. The molecule has 0 aliphatic carbocycles. The van der Waals surface area contributed by atoms with Crippen LogP contribution in [0.15, 0.2) is 41.3 Å². The van der Waals surface area contributed by atoms with Gasteiger partial charge in [-0.3, -0.25) is 0 Å². The van der Waals surface area contributed by atoms with Gasteiger partial charge in [-0.2, -0.15) is 4.31 Å². The van der Waals surface area contributed by atoms with E-state index in [-0.39, 0.29) is 17.4 Å². The first-order valence-electron chi connectivity index (χ1n) is 7.01. The maximum Gasteiger partial charge on any atom is 0.243 e. The van der Waals surface area contributed by atoms with Crippen molar-refractivity contribution in [3.05, 3.63) is 42.0 Å². The van der Waals surface area contributed by atoms with Crippen LogP contribution in [-0.2, 0) is 10.0 Å². The highest BCUT2D eigenvalue weighted by atomic mass is 32.2. The molecule has 1 aromatic carbocycles. The summed E-state index contributed by atoms with van der Waals surface area (Å²) in [7, 11) is -3.63. The molecule has 0 amide bonds. The van der Waals surface area contributed by atoms with Gasteiger partial charge in [0.2, 0.25) is 10.0 Å². The van der Waals surface area contributed by atoms with E-state index in [1.165, 1.54) is 4.31 Å². The van der Waals surface area contributed by atoms with E-state index in [2.05, 4.69) is 6.58 Å². The van der Waals surface area contributed by atoms with Gasteiger partial charge in [-0.15, -0.1) is 0 Å². The molecule has 21 heavy (non-hydrogen) atoms. The normalized spacial score (nSPS) is 26.0. The fraction of sp³-hybridized carbons (Fsp3) is 0.500. The predicted molar refractivity (Wildman–Crippen MR) is 83.5 cm³/mol. The molecule has 0 bridgehead atoms. The number of aliphatic hydroxyl groups excluding tert-OH is 1. The molecule has 0 spiro atoms. The van der Waals surface area contributed by atoms with Crippen molar-refractivity contribution in [3.63, 3.8) is 0 Å². The number of sulfonamides is 1. The highest BCUT2D eigenvalue weighted by molar-refractivity contribution is 7.89. The second-order valence-corrected chi connectivity index (χ2v) is 8.26. The largest absolute Gasteiger partial charge is 0.391 e. The Morgan fingerprint density at radius 1 is 1.33 bits per heavy atom. The summed E-state index contributed by atoms with van der Waals surface area (Å²) < 4.78 is 27.1. The van der Waals surface area contributed by atoms with Gasteiger partial charge in [0.1, 0.15) is 0 Å². The number of aryl methyl sites for hydroxylation is 1. The van der Waals surface area contributed by atoms with Crippen molar-refractivity contribution in [1.29, 1.82) is 0 Å². The number of rotatable bonds is 3. The van der Waals surface area contributed by atoms with E-state index in [9.17, 15) is 13.5 Å². The second kappa shape index (κ2) is 5.23. The molecule has 1 aromatic rings. The predicted octanol–water partition coefficient (Wildman–Crippen LogP) is 2.33. The van der Waals surface area contributed by atoms with Gasteiger partial charge in [0.15, 0.2) is 0 Å². The fourth-order valence-electron chi connectivity index (χ4n) is 2.82. The Balaban J connectivity index is 2.45. The molecule has 1 aliphatic rings. The van der Waals surface area contributed by atoms with Gasteiger partial charge < -0.3 is 5.11 Å². The molecule has 4 nitrogen and oxygen atoms in total. The minimum Gasteiger partial charge on any atom is -0.391 e. The van der Waals surface area contributed by atoms with Gasteiger partial charge >= 0.3 is 0 Å². The third-order valence-corrected chi connectivity index (χ3v) is 6.42. The highest BCUT2D eigenvalue weighted by Crippen LogP contribution is 2.39. The summed E-state index contributed by atoms with van der Waals surface area (Å²) in [5.74, 6) is -0.236. The monoisotopic (exact) mass is 309 g/mol. The molecule has 1 fully saturated rings. The molecule has 0 saturated carbocycles. The molecule has 0 aromatic heterocycles. The number of aliphatic hydroxyl groups is 1. The SMILES string of the molecule is C=C(C)C1CN(S(=O)(=O)c2ccc(C)cc2)C(C)(C)C1O. The molecular formula is C16H23NO3S. The fourth-order valence-corrected chi connectivity index (χ4v) is 4.64. The van der Waals surface area contributed by atoms with Gasteiger partial charge in [0, 0.05) is 12.5 Å². The Labute approximate surface area is 127 Å². The van der Waals surface area contributed by atoms with Crippen LogP contribution in [0.2, 0.25) is 0 Å². The molecule has 1 aliphatic heterocycles. The van der Waals surface area contributed by atoms with Gasteiger partial charge in [0.25, 0.3) is 0 Å². The minimum absolute atomic E-state index is 0.236. The smallest absolute Gasteiger partial charge is 0.243 e. The Bertz CT molecular complexity index is 647. The van der Waals surface area contributed by atoms with Crippen LogP contribution in [0.25, 0.3) is 0 Å². The number of nitrogens with zero attached hydrogens (tertiary/aromatic N) is 1. The summed E-state index contributed by atoms with van der Waals surface area (Å²) in [6.07, 6.45) is -0.754. The molecule has 116 valence electrons. The van der Waals surface area contributed by atoms with Crippen LogP contribution in [-0.4, -0.2) is 36.0 Å². The second-order valence-electron chi connectivity index (χ2n) is 6.40. The summed E-state index contributed by atoms with van der Waals surface area (Å²) in [6, 6.07) is 6.79. The molecule has 1 heterocycles. The Kier molecular flexibility index (Phi) is 4.04. The van der Waals surface area contributed by atoms with E-state index in [1.807, 2.05) is 13.8 Å². The third kappa shape index (κ3) is 2.65. The van der Waals surface area contributed by atoms with Crippen LogP contribution in [0.5, 0.6) is 0 Å². The molecule has 5 heteroatoms. The molecule has 1 saturated heterocycles. The lowest BCUT2D eigenvalue weighted by molar-refractivity contribution is 0.0731. The van der Waals surface area contributed by atoms with E-state index in [0.29, 0.717) is 0 Å². The first-order chi connectivity index (χ1) is 9.58. The maximum atomic E-state index is 12.9. The van der Waals surface area contributed by atoms with Crippen molar-refractivity contribution in [2.75, 3.05) is 6.54 Å². The molecule has 2 rings (SSSR count). The number of hydrogen-bond acceptors (Lipinski definition) is 3. The average Bonchev–Trinajstić information content (AvgIpc) is 2.62. The maximum absolute atomic E-state index is 12.9. The zero-order chi connectivity index (χ0) is 16.0. The quantitative estimate of drug-likeness (QED) is 0.872. The standard InChI is InChI=1S/C16H23NO3S/c1-11(2)14-10-17(16(4,5)15(14)18)21(19,20)13-8-6-12(3)7-9-13/h6-9,14-15,18H,1,10H2,2-5H3. The highest BCUT2D eigenvalue weighted by Gasteiger charge is 2.52. The van der Waals surface area contributed by atoms with Crippen molar-refractivity contribution in [2.24, 2.45) is 5.92 Å². The molecular weight excluding hydrogens is 286 g/mol. The van der Waals surface area contributed by atoms with E-state index in [4.69, 9.17) is 0 Å². The average molecular weight is 309 g/mol. The summed E-state index contributed by atoms with van der Waals surface area (Å²) in [4.78, 5) is 0.260. The van der Waals surface area contributed by atoms with Crippen molar-refractivity contribution in [2.45, 2.75) is 44.2 Å². The van der Waals surface area contributed by atoms with Crippen LogP contribution >= 0.6 is 0 Å². The van der Waals surface area contributed by atoms with Crippen molar-refractivity contribution in [1.82, 2.24) is 4.31 Å². The number of hydrogen-bond donors (Lipinski definition) is 1. The van der Waals surface area contributed by atoms with E-state index < -0.39 is 21.7 Å². The topological polar surface area (TPSA) is 57.6 Å². The van der Waals surface area contributed by atoms with Crippen LogP contribution < -0.4 is 0 Å². The lowest BCUT2D eigenvalue weighted by Crippen LogP contribution is -2.48. The van der Waals surface area contributed by atoms with Crippen LogP contribution in [0.1, 0.15) is 26.3 Å². The van der Waals surface area contributed by atoms with Gasteiger partial charge in [-0.25, -0.2) is 8.42 Å². The minimum atomic E-state index is -3.63. The molecule has 1 N–H and O–H groups in total. The Hall–Kier alpha value is -1.17. The van der Waals surface area contributed by atoms with E-state index in [1.54, 1.807) is 38.1 Å². The lowest BCUT2D eigenvalue weighted by atomic mass is 9.89. The zero-order valence-electron chi connectivity index (χ0n) is 13.0. The van der Waals surface area contributed by atoms with Crippen LogP contribution in [0.4, 0.5) is 0 Å². The molecule has 0 radical (unpaired) electrons. The van der Waals surface area contributed by atoms with Crippen molar-refractivity contribution in [3.8, 4) is 0 Å². The molecule has 2 atom stereocenters. The van der Waals surface area contributed by atoms with Gasteiger partial charge in [-0.05, 0) is 39.8 Å².